The van der Waals surface area contributed by atoms with Gasteiger partial charge in [0.25, 0.3) is 5.91 Å². The smallest absolute Gasteiger partial charge is 0.322 e. The standard InChI is InChI=1S/C30H31F3N4O/c1-4-22-15-23(19-34-18-22)6-8-24-16-25(7-5-21(24)2)29(38)35-27-10-9-26(28(17-27)30(31,32)33)20-37-13-11-36(3)12-14-37/h5,7,9-10,15-19H,4,11-14,20H2,1-3H3,(H,35,38). The van der Waals surface area contributed by atoms with Crippen molar-refractivity contribution in [3.63, 3.8) is 0 Å². The number of halogens is 3. The van der Waals surface area contributed by atoms with E-state index in [1.165, 1.54) is 12.1 Å². The van der Waals surface area contributed by atoms with Gasteiger partial charge < -0.3 is 10.2 Å². The van der Waals surface area contributed by atoms with Gasteiger partial charge in [0, 0.05) is 67.5 Å². The van der Waals surface area contributed by atoms with Crippen LogP contribution in [0.1, 0.15) is 50.7 Å². The minimum absolute atomic E-state index is 0.0973. The summed E-state index contributed by atoms with van der Waals surface area (Å²) in [5.74, 6) is 5.68. The van der Waals surface area contributed by atoms with Crippen LogP contribution in [0.15, 0.2) is 54.9 Å². The number of hydrogen-bond donors (Lipinski definition) is 1. The number of nitrogens with one attached hydrogen (secondary N) is 1. The maximum absolute atomic E-state index is 13.9. The van der Waals surface area contributed by atoms with Crippen molar-refractivity contribution in [3.05, 3.63) is 93.8 Å². The van der Waals surface area contributed by atoms with Gasteiger partial charge in [-0.15, -0.1) is 0 Å². The van der Waals surface area contributed by atoms with Crippen LogP contribution in [0.4, 0.5) is 18.9 Å². The van der Waals surface area contributed by atoms with Crippen molar-refractivity contribution < 1.29 is 18.0 Å². The third-order valence-electron chi connectivity index (χ3n) is 6.71. The summed E-state index contributed by atoms with van der Waals surface area (Å²) in [6, 6.07) is 11.1. The van der Waals surface area contributed by atoms with E-state index in [4.69, 9.17) is 0 Å². The lowest BCUT2D eigenvalue weighted by Crippen LogP contribution is -2.44. The van der Waals surface area contributed by atoms with E-state index < -0.39 is 17.6 Å². The van der Waals surface area contributed by atoms with Crippen LogP contribution >= 0.6 is 0 Å². The predicted molar refractivity (Wildman–Crippen MR) is 143 cm³/mol. The van der Waals surface area contributed by atoms with Gasteiger partial charge in [0.1, 0.15) is 0 Å². The van der Waals surface area contributed by atoms with Crippen molar-refractivity contribution in [2.75, 3.05) is 38.5 Å². The first-order valence-electron chi connectivity index (χ1n) is 12.6. The van der Waals surface area contributed by atoms with Crippen molar-refractivity contribution in [2.24, 2.45) is 0 Å². The topological polar surface area (TPSA) is 48.5 Å². The Hall–Kier alpha value is -3.67. The van der Waals surface area contributed by atoms with E-state index in [0.717, 1.165) is 42.3 Å². The second kappa shape index (κ2) is 11.8. The summed E-state index contributed by atoms with van der Waals surface area (Å²) in [7, 11) is 2.00. The fourth-order valence-electron chi connectivity index (χ4n) is 4.29. The number of carbonyl (C=O) groups excluding carboxylic acids is 1. The van der Waals surface area contributed by atoms with Gasteiger partial charge in [0.05, 0.1) is 5.56 Å². The molecule has 4 rings (SSSR count). The monoisotopic (exact) mass is 520 g/mol. The summed E-state index contributed by atoms with van der Waals surface area (Å²) in [5.41, 5.74) is 3.29. The molecular formula is C30H31F3N4O. The first-order valence-corrected chi connectivity index (χ1v) is 12.6. The number of carbonyl (C=O) groups is 1. The van der Waals surface area contributed by atoms with Gasteiger partial charge in [-0.25, -0.2) is 0 Å². The number of benzene rings is 2. The zero-order chi connectivity index (χ0) is 27.3. The van der Waals surface area contributed by atoms with E-state index in [0.29, 0.717) is 24.2 Å². The fraction of sp³-hybridized carbons (Fsp3) is 0.333. The lowest BCUT2D eigenvalue weighted by atomic mass is 10.0. The summed E-state index contributed by atoms with van der Waals surface area (Å²) < 4.78 is 41.7. The lowest BCUT2D eigenvalue weighted by molar-refractivity contribution is -0.138. The molecule has 1 amide bonds. The van der Waals surface area contributed by atoms with Crippen LogP contribution in [0.2, 0.25) is 0 Å². The van der Waals surface area contributed by atoms with Gasteiger partial charge in [-0.05, 0) is 67.4 Å². The highest BCUT2D eigenvalue weighted by atomic mass is 19.4. The SMILES string of the molecule is CCc1cncc(C#Cc2cc(C(=O)Nc3ccc(CN4CCN(C)CC4)c(C(F)(F)F)c3)ccc2C)c1. The number of likely N-dealkylation sites (N-methyl/N-ethyl adjacent to an activating group) is 1. The zero-order valence-electron chi connectivity index (χ0n) is 21.8. The Balaban J connectivity index is 1.52. The van der Waals surface area contributed by atoms with Crippen molar-refractivity contribution in [1.29, 1.82) is 0 Å². The number of anilines is 1. The molecule has 1 N–H and O–H groups in total. The highest BCUT2D eigenvalue weighted by molar-refractivity contribution is 6.04. The van der Waals surface area contributed by atoms with Crippen LogP contribution in [0, 0.1) is 18.8 Å². The molecule has 1 aliphatic heterocycles. The molecule has 1 aromatic heterocycles. The average molecular weight is 521 g/mol. The molecule has 0 aliphatic carbocycles. The van der Waals surface area contributed by atoms with E-state index in [1.807, 2.05) is 31.9 Å². The molecule has 8 heteroatoms. The second-order valence-electron chi connectivity index (χ2n) is 9.62. The summed E-state index contributed by atoms with van der Waals surface area (Å²) in [4.78, 5) is 21.3. The molecule has 3 aromatic rings. The zero-order valence-corrected chi connectivity index (χ0v) is 21.8. The normalized spacial score (nSPS) is 14.6. The van der Waals surface area contributed by atoms with Crippen LogP contribution in [-0.2, 0) is 19.1 Å². The van der Waals surface area contributed by atoms with E-state index in [9.17, 15) is 18.0 Å². The summed E-state index contributed by atoms with van der Waals surface area (Å²) in [6.07, 6.45) is -0.197. The number of piperazine rings is 1. The Morgan fingerprint density at radius 2 is 1.79 bits per heavy atom. The van der Waals surface area contributed by atoms with Crippen LogP contribution in [-0.4, -0.2) is 53.9 Å². The Kier molecular flexibility index (Phi) is 8.50. The van der Waals surface area contributed by atoms with Crippen LogP contribution < -0.4 is 5.32 Å². The molecule has 198 valence electrons. The van der Waals surface area contributed by atoms with E-state index in [1.54, 1.807) is 30.6 Å². The molecule has 0 spiro atoms. The minimum Gasteiger partial charge on any atom is -0.322 e. The Labute approximate surface area is 221 Å². The van der Waals surface area contributed by atoms with Crippen molar-refractivity contribution in [2.45, 2.75) is 33.0 Å². The number of hydrogen-bond acceptors (Lipinski definition) is 4. The molecular weight excluding hydrogens is 489 g/mol. The number of rotatable bonds is 5. The van der Waals surface area contributed by atoms with Gasteiger partial charge in [-0.3, -0.25) is 14.7 Å². The van der Waals surface area contributed by atoms with Crippen molar-refractivity contribution in [3.8, 4) is 11.8 Å². The predicted octanol–water partition coefficient (Wildman–Crippen LogP) is 5.37. The maximum atomic E-state index is 13.9. The lowest BCUT2D eigenvalue weighted by Gasteiger charge is -2.33. The van der Waals surface area contributed by atoms with E-state index in [2.05, 4.69) is 27.0 Å². The highest BCUT2D eigenvalue weighted by Gasteiger charge is 2.34. The van der Waals surface area contributed by atoms with Crippen molar-refractivity contribution in [1.82, 2.24) is 14.8 Å². The Morgan fingerprint density at radius 3 is 2.50 bits per heavy atom. The number of amides is 1. The molecule has 2 aromatic carbocycles. The average Bonchev–Trinajstić information content (AvgIpc) is 2.89. The van der Waals surface area contributed by atoms with E-state index >= 15 is 0 Å². The number of alkyl halides is 3. The molecule has 1 saturated heterocycles. The van der Waals surface area contributed by atoms with Crippen LogP contribution in [0.3, 0.4) is 0 Å². The fourth-order valence-corrected chi connectivity index (χ4v) is 4.29. The molecule has 0 radical (unpaired) electrons. The Bertz CT molecular complexity index is 1370. The largest absolute Gasteiger partial charge is 0.416 e. The number of aryl methyl sites for hydroxylation is 2. The first kappa shape index (κ1) is 27.4. The van der Waals surface area contributed by atoms with Gasteiger partial charge in [0.15, 0.2) is 0 Å². The summed E-state index contributed by atoms with van der Waals surface area (Å²) >= 11 is 0. The number of aromatic nitrogens is 1. The quantitative estimate of drug-likeness (QED) is 0.460. The van der Waals surface area contributed by atoms with Crippen LogP contribution in [0.5, 0.6) is 0 Å². The third kappa shape index (κ3) is 7.00. The van der Waals surface area contributed by atoms with Crippen LogP contribution in [0.25, 0.3) is 0 Å². The Morgan fingerprint density at radius 1 is 1.03 bits per heavy atom. The second-order valence-corrected chi connectivity index (χ2v) is 9.62. The molecule has 0 atom stereocenters. The number of pyridine rings is 1. The molecule has 2 heterocycles. The summed E-state index contributed by atoms with van der Waals surface area (Å²) in [5, 5.41) is 2.63. The third-order valence-corrected chi connectivity index (χ3v) is 6.71. The molecule has 1 aliphatic rings. The first-order chi connectivity index (χ1) is 18.1. The summed E-state index contributed by atoms with van der Waals surface area (Å²) in [6.45, 7) is 7.21. The molecule has 0 unspecified atom stereocenters. The van der Waals surface area contributed by atoms with E-state index in [-0.39, 0.29) is 17.8 Å². The molecule has 38 heavy (non-hydrogen) atoms. The van der Waals surface area contributed by atoms with Gasteiger partial charge in [-0.1, -0.05) is 30.9 Å². The van der Waals surface area contributed by atoms with Gasteiger partial charge in [0.2, 0.25) is 0 Å². The highest BCUT2D eigenvalue weighted by Crippen LogP contribution is 2.34. The molecule has 0 saturated carbocycles. The van der Waals surface area contributed by atoms with Gasteiger partial charge in [-0.2, -0.15) is 13.2 Å². The molecule has 0 bridgehead atoms. The maximum Gasteiger partial charge on any atom is 0.416 e. The number of nitrogens with zero attached hydrogens (tertiary/aromatic N) is 3. The molecule has 5 nitrogen and oxygen atoms in total. The van der Waals surface area contributed by atoms with Gasteiger partial charge >= 0.3 is 6.18 Å². The molecule has 1 fully saturated rings. The van der Waals surface area contributed by atoms with Crippen molar-refractivity contribution >= 4 is 11.6 Å². The minimum atomic E-state index is -4.53.